The first-order valence-electron chi connectivity index (χ1n) is 13.7. The smallest absolute Gasteiger partial charge is 0.258 e. The third kappa shape index (κ3) is 6.43. The number of benzene rings is 3. The van der Waals surface area contributed by atoms with Crippen LogP contribution in [0.15, 0.2) is 97.3 Å². The van der Waals surface area contributed by atoms with E-state index in [9.17, 15) is 9.90 Å². The van der Waals surface area contributed by atoms with Gasteiger partial charge in [0.15, 0.2) is 11.5 Å². The molecule has 0 atom stereocenters. The number of aliphatic hydroxyl groups excluding tert-OH is 1. The van der Waals surface area contributed by atoms with Crippen LogP contribution in [0.25, 0.3) is 0 Å². The summed E-state index contributed by atoms with van der Waals surface area (Å²) in [5.74, 6) is 1.24. The van der Waals surface area contributed by atoms with Crippen LogP contribution >= 0.6 is 0 Å². The minimum atomic E-state index is -0.177. The van der Waals surface area contributed by atoms with Gasteiger partial charge in [-0.15, -0.1) is 0 Å². The van der Waals surface area contributed by atoms with E-state index in [1.807, 2.05) is 91.1 Å². The number of para-hydroxylation sites is 1. The van der Waals surface area contributed by atoms with E-state index in [0.717, 1.165) is 35.5 Å². The zero-order valence-electron chi connectivity index (χ0n) is 22.8. The Bertz CT molecular complexity index is 1390. The van der Waals surface area contributed by atoms with E-state index in [-0.39, 0.29) is 25.2 Å². The van der Waals surface area contributed by atoms with Crippen LogP contribution in [0.5, 0.6) is 11.5 Å². The molecule has 3 aromatic carbocycles. The van der Waals surface area contributed by atoms with Crippen molar-refractivity contribution in [3.8, 4) is 11.5 Å². The van der Waals surface area contributed by atoms with E-state index in [4.69, 9.17) is 9.47 Å². The van der Waals surface area contributed by atoms with Gasteiger partial charge in [0, 0.05) is 54.2 Å². The molecule has 0 aliphatic heterocycles. The van der Waals surface area contributed by atoms with Crippen molar-refractivity contribution in [3.05, 3.63) is 108 Å². The molecule has 7 nitrogen and oxygen atoms in total. The Morgan fingerprint density at radius 1 is 0.900 bits per heavy atom. The number of aliphatic hydroxyl groups is 1. The molecule has 0 spiro atoms. The summed E-state index contributed by atoms with van der Waals surface area (Å²) >= 11 is 0. The van der Waals surface area contributed by atoms with E-state index < -0.39 is 0 Å². The SMILES string of the molecule is COc1ccc(N(Cc2cccnc2)c2cccc(C(=O)N(CCO)c3ccccc3)c2)cc1OC1CCCC1. The lowest BCUT2D eigenvalue weighted by Gasteiger charge is -2.28. The van der Waals surface area contributed by atoms with Crippen LogP contribution in [0.3, 0.4) is 0 Å². The minimum Gasteiger partial charge on any atom is -0.493 e. The zero-order chi connectivity index (χ0) is 27.7. The van der Waals surface area contributed by atoms with Crippen LogP contribution in [0.2, 0.25) is 0 Å². The lowest BCUT2D eigenvalue weighted by molar-refractivity contribution is 0.0981. The fourth-order valence-corrected chi connectivity index (χ4v) is 5.14. The topological polar surface area (TPSA) is 75.1 Å². The maximum absolute atomic E-state index is 13.7. The Hall–Kier alpha value is -4.36. The van der Waals surface area contributed by atoms with Gasteiger partial charge in [0.1, 0.15) is 0 Å². The fourth-order valence-electron chi connectivity index (χ4n) is 5.14. The molecule has 1 amide bonds. The molecule has 1 fully saturated rings. The predicted octanol–water partition coefficient (Wildman–Crippen LogP) is 6.39. The Kier molecular flexibility index (Phi) is 8.93. The van der Waals surface area contributed by atoms with Gasteiger partial charge in [0.25, 0.3) is 5.91 Å². The highest BCUT2D eigenvalue weighted by Gasteiger charge is 2.22. The molecule has 7 heteroatoms. The van der Waals surface area contributed by atoms with Crippen molar-refractivity contribution in [1.29, 1.82) is 0 Å². The number of rotatable bonds is 11. The van der Waals surface area contributed by atoms with Crippen LogP contribution < -0.4 is 19.3 Å². The van der Waals surface area contributed by atoms with Crippen LogP contribution in [0, 0.1) is 0 Å². The minimum absolute atomic E-state index is 0.136. The van der Waals surface area contributed by atoms with Gasteiger partial charge in [-0.2, -0.15) is 0 Å². The Morgan fingerprint density at radius 2 is 1.68 bits per heavy atom. The number of amides is 1. The highest BCUT2D eigenvalue weighted by atomic mass is 16.5. The first-order valence-corrected chi connectivity index (χ1v) is 13.7. The summed E-state index contributed by atoms with van der Waals surface area (Å²) in [7, 11) is 1.66. The average Bonchev–Trinajstić information content (AvgIpc) is 3.52. The van der Waals surface area contributed by atoms with Crippen molar-refractivity contribution >= 4 is 23.0 Å². The van der Waals surface area contributed by atoms with Crippen molar-refractivity contribution in [2.75, 3.05) is 30.1 Å². The standard InChI is InChI=1S/C33H35N3O4/c1-39-31-17-16-29(22-32(31)40-30-14-5-6-15-30)36(24-25-9-8-18-34-23-25)28-13-7-10-26(21-28)33(38)35(19-20-37)27-11-3-2-4-12-27/h2-4,7-13,16-18,21-23,30,37H,5-6,14-15,19-20,24H2,1H3. The molecule has 1 aliphatic rings. The number of aromatic nitrogens is 1. The summed E-state index contributed by atoms with van der Waals surface area (Å²) in [5, 5.41) is 9.69. The van der Waals surface area contributed by atoms with E-state index >= 15 is 0 Å². The van der Waals surface area contributed by atoms with Gasteiger partial charge in [0.2, 0.25) is 0 Å². The lowest BCUT2D eigenvalue weighted by Crippen LogP contribution is -2.33. The molecular weight excluding hydrogens is 502 g/mol. The van der Waals surface area contributed by atoms with Crippen LogP contribution in [-0.2, 0) is 6.54 Å². The maximum Gasteiger partial charge on any atom is 0.258 e. The first-order chi connectivity index (χ1) is 19.7. The molecule has 0 bridgehead atoms. The van der Waals surface area contributed by atoms with Gasteiger partial charge >= 0.3 is 0 Å². The number of pyridine rings is 1. The molecule has 4 aromatic rings. The molecule has 1 N–H and O–H groups in total. The molecule has 40 heavy (non-hydrogen) atoms. The van der Waals surface area contributed by atoms with Crippen molar-refractivity contribution in [1.82, 2.24) is 4.98 Å². The number of hydrogen-bond acceptors (Lipinski definition) is 6. The summed E-state index contributed by atoms with van der Waals surface area (Å²) in [6.45, 7) is 0.607. The summed E-state index contributed by atoms with van der Waals surface area (Å²) in [4.78, 5) is 21.7. The molecule has 5 rings (SSSR count). The van der Waals surface area contributed by atoms with E-state index in [1.54, 1.807) is 18.2 Å². The molecule has 1 aliphatic carbocycles. The number of ether oxygens (including phenoxy) is 2. The third-order valence-electron chi connectivity index (χ3n) is 7.16. The van der Waals surface area contributed by atoms with E-state index in [1.165, 1.54) is 12.8 Å². The van der Waals surface area contributed by atoms with Crippen molar-refractivity contribution in [3.63, 3.8) is 0 Å². The number of carbonyl (C=O) groups is 1. The second kappa shape index (κ2) is 13.1. The highest BCUT2D eigenvalue weighted by molar-refractivity contribution is 6.06. The molecule has 0 saturated heterocycles. The van der Waals surface area contributed by atoms with Crippen LogP contribution in [0.4, 0.5) is 17.1 Å². The van der Waals surface area contributed by atoms with E-state index in [2.05, 4.69) is 9.88 Å². The molecule has 1 saturated carbocycles. The monoisotopic (exact) mass is 537 g/mol. The van der Waals surface area contributed by atoms with E-state index in [0.29, 0.717) is 23.6 Å². The first kappa shape index (κ1) is 27.2. The van der Waals surface area contributed by atoms with Crippen molar-refractivity contribution in [2.45, 2.75) is 38.3 Å². The molecule has 0 radical (unpaired) electrons. The number of hydrogen-bond donors (Lipinski definition) is 1. The third-order valence-corrected chi connectivity index (χ3v) is 7.16. The summed E-state index contributed by atoms with van der Waals surface area (Å²) in [5.41, 5.74) is 4.06. The Balaban J connectivity index is 1.52. The van der Waals surface area contributed by atoms with Gasteiger partial charge in [-0.25, -0.2) is 0 Å². The van der Waals surface area contributed by atoms with Crippen LogP contribution in [0.1, 0.15) is 41.6 Å². The molecule has 1 aromatic heterocycles. The zero-order valence-corrected chi connectivity index (χ0v) is 22.8. The molecule has 206 valence electrons. The molecule has 1 heterocycles. The predicted molar refractivity (Wildman–Crippen MR) is 158 cm³/mol. The largest absolute Gasteiger partial charge is 0.493 e. The van der Waals surface area contributed by atoms with Gasteiger partial charge in [-0.3, -0.25) is 9.78 Å². The Labute approximate surface area is 235 Å². The highest BCUT2D eigenvalue weighted by Crippen LogP contribution is 2.38. The number of methoxy groups -OCH3 is 1. The van der Waals surface area contributed by atoms with Crippen molar-refractivity contribution in [2.24, 2.45) is 0 Å². The number of carbonyl (C=O) groups excluding carboxylic acids is 1. The lowest BCUT2D eigenvalue weighted by atomic mass is 10.1. The second-order valence-corrected chi connectivity index (χ2v) is 9.87. The molecular formula is C33H35N3O4. The van der Waals surface area contributed by atoms with Gasteiger partial charge < -0.3 is 24.4 Å². The fraction of sp³-hybridized carbons (Fsp3) is 0.273. The van der Waals surface area contributed by atoms with Crippen molar-refractivity contribution < 1.29 is 19.4 Å². The average molecular weight is 538 g/mol. The number of nitrogens with zero attached hydrogens (tertiary/aromatic N) is 3. The second-order valence-electron chi connectivity index (χ2n) is 9.87. The normalized spacial score (nSPS) is 13.2. The van der Waals surface area contributed by atoms with Gasteiger partial charge in [-0.1, -0.05) is 30.3 Å². The van der Waals surface area contributed by atoms with Gasteiger partial charge in [0.05, 0.1) is 19.8 Å². The molecule has 0 unspecified atom stereocenters. The summed E-state index contributed by atoms with van der Waals surface area (Å²) in [6, 6.07) is 26.9. The van der Waals surface area contributed by atoms with Gasteiger partial charge in [-0.05, 0) is 79.8 Å². The summed E-state index contributed by atoms with van der Waals surface area (Å²) in [6.07, 6.45) is 8.24. The quantitative estimate of drug-likeness (QED) is 0.239. The van der Waals surface area contributed by atoms with Crippen LogP contribution in [-0.4, -0.2) is 42.4 Å². The number of anilines is 3. The Morgan fingerprint density at radius 3 is 2.40 bits per heavy atom. The summed E-state index contributed by atoms with van der Waals surface area (Å²) < 4.78 is 12.0. The maximum atomic E-state index is 13.7.